The molecule has 2 aliphatic rings. The summed E-state index contributed by atoms with van der Waals surface area (Å²) < 4.78 is 70.9. The number of nitrogens with zero attached hydrogens (tertiary/aromatic N) is 2. The minimum atomic E-state index is -4.67. The molecule has 2 aromatic rings. The number of anilines is 1. The number of pyridine rings is 1. The van der Waals surface area contributed by atoms with E-state index in [9.17, 15) is 26.4 Å². The second-order valence-corrected chi connectivity index (χ2v) is 11.0. The van der Waals surface area contributed by atoms with Crippen molar-refractivity contribution in [3.63, 3.8) is 0 Å². The molecule has 1 amide bonds. The molecule has 0 spiro atoms. The van der Waals surface area contributed by atoms with Crippen LogP contribution in [0.3, 0.4) is 0 Å². The van der Waals surface area contributed by atoms with Gasteiger partial charge >= 0.3 is 6.18 Å². The molecule has 0 aliphatic carbocycles. The first-order valence-corrected chi connectivity index (χ1v) is 12.1. The molecule has 33 heavy (non-hydrogen) atoms. The number of fused-ring (bicyclic) bond motifs is 1. The predicted molar refractivity (Wildman–Crippen MR) is 115 cm³/mol. The van der Waals surface area contributed by atoms with E-state index in [-0.39, 0.29) is 41.3 Å². The quantitative estimate of drug-likeness (QED) is 0.568. The molecule has 2 saturated heterocycles. The Hall–Kier alpha value is -2.42. The molecule has 2 fully saturated rings. The van der Waals surface area contributed by atoms with Crippen LogP contribution in [-0.4, -0.2) is 55.1 Å². The van der Waals surface area contributed by atoms with E-state index in [1.165, 1.54) is 19.2 Å². The highest BCUT2D eigenvalue weighted by molar-refractivity contribution is 7.90. The number of aromatic nitrogens is 1. The van der Waals surface area contributed by atoms with Gasteiger partial charge in [0.25, 0.3) is 5.91 Å². The third kappa shape index (κ3) is 4.05. The van der Waals surface area contributed by atoms with E-state index in [0.29, 0.717) is 4.88 Å². The van der Waals surface area contributed by atoms with Crippen LogP contribution in [0.5, 0.6) is 0 Å². The first-order valence-electron chi connectivity index (χ1n) is 9.44. The van der Waals surface area contributed by atoms with Gasteiger partial charge in [-0.2, -0.15) is 13.2 Å². The number of carbonyl (C=O) groups excluding carboxylic acids is 1. The molecule has 0 radical (unpaired) electrons. The summed E-state index contributed by atoms with van der Waals surface area (Å²) in [6.45, 7) is 0.0524. The van der Waals surface area contributed by atoms with Gasteiger partial charge in [0, 0.05) is 20.1 Å². The summed E-state index contributed by atoms with van der Waals surface area (Å²) in [7, 11) is -2.71. The Kier molecular flexibility index (Phi) is 5.83. The van der Waals surface area contributed by atoms with Crippen LogP contribution in [0, 0.1) is 5.41 Å². The number of ether oxygens (including phenoxy) is 1. The maximum atomic E-state index is 13.0. The number of amides is 1. The molecule has 1 unspecified atom stereocenters. The first kappa shape index (κ1) is 23.7. The molecule has 3 N–H and O–H groups in total. The van der Waals surface area contributed by atoms with Crippen LogP contribution in [-0.2, 0) is 26.5 Å². The highest BCUT2D eigenvalue weighted by Crippen LogP contribution is 2.46. The average molecular weight is 524 g/mol. The minimum absolute atomic E-state index is 0.0403. The number of hydrogen-bond donors (Lipinski definition) is 3. The van der Waals surface area contributed by atoms with Crippen molar-refractivity contribution in [2.45, 2.75) is 23.4 Å². The van der Waals surface area contributed by atoms with E-state index in [2.05, 4.69) is 15.6 Å². The van der Waals surface area contributed by atoms with E-state index in [1.807, 2.05) is 0 Å². The van der Waals surface area contributed by atoms with Crippen LogP contribution in [0.2, 0.25) is 5.02 Å². The zero-order valence-electron chi connectivity index (χ0n) is 16.9. The molecule has 0 aromatic carbocycles. The monoisotopic (exact) mass is 523 g/mol. The van der Waals surface area contributed by atoms with E-state index in [1.54, 1.807) is 0 Å². The molecule has 0 bridgehead atoms. The van der Waals surface area contributed by atoms with Gasteiger partial charge in [-0.3, -0.25) is 10.2 Å². The van der Waals surface area contributed by atoms with Gasteiger partial charge < -0.3 is 15.4 Å². The van der Waals surface area contributed by atoms with Crippen molar-refractivity contribution in [1.29, 1.82) is 5.41 Å². The van der Waals surface area contributed by atoms with E-state index >= 15 is 0 Å². The Morgan fingerprint density at radius 2 is 2.18 bits per heavy atom. The van der Waals surface area contributed by atoms with Gasteiger partial charge in [0.2, 0.25) is 16.0 Å². The number of rotatable bonds is 3. The Morgan fingerprint density at radius 3 is 2.88 bits per heavy atom. The Balaban J connectivity index is 1.68. The normalized spacial score (nSPS) is 24.7. The van der Waals surface area contributed by atoms with Crippen molar-refractivity contribution in [3.05, 3.63) is 44.7 Å². The number of guanidine groups is 1. The Labute approximate surface area is 195 Å². The predicted octanol–water partition coefficient (Wildman–Crippen LogP) is 2.85. The molecule has 178 valence electrons. The topological polar surface area (TPSA) is 124 Å². The summed E-state index contributed by atoms with van der Waals surface area (Å²) in [5.41, 5.74) is -2.46. The largest absolute Gasteiger partial charge is 0.433 e. The van der Waals surface area contributed by atoms with Crippen molar-refractivity contribution in [1.82, 2.24) is 14.6 Å². The maximum Gasteiger partial charge on any atom is 0.433 e. The van der Waals surface area contributed by atoms with Crippen LogP contribution in [0.4, 0.5) is 19.0 Å². The lowest BCUT2D eigenvalue weighted by atomic mass is 9.87. The molecule has 0 saturated carbocycles. The van der Waals surface area contributed by atoms with Gasteiger partial charge in [-0.05, 0) is 18.2 Å². The lowest BCUT2D eigenvalue weighted by Gasteiger charge is -2.49. The highest BCUT2D eigenvalue weighted by atomic mass is 35.5. The number of hydrogen-bond acceptors (Lipinski definition) is 7. The van der Waals surface area contributed by atoms with Crippen LogP contribution in [0.25, 0.3) is 0 Å². The van der Waals surface area contributed by atoms with Crippen molar-refractivity contribution in [2.75, 3.05) is 25.6 Å². The van der Waals surface area contributed by atoms with Crippen LogP contribution in [0.15, 0.2) is 24.3 Å². The van der Waals surface area contributed by atoms with E-state index in [0.717, 1.165) is 27.8 Å². The molecule has 9 nitrogen and oxygen atoms in total. The number of thiophene rings is 1. The summed E-state index contributed by atoms with van der Waals surface area (Å²) in [6.07, 6.45) is -4.50. The maximum absolute atomic E-state index is 13.0. The smallest absolute Gasteiger partial charge is 0.380 e. The van der Waals surface area contributed by atoms with Crippen LogP contribution in [0.1, 0.15) is 26.7 Å². The van der Waals surface area contributed by atoms with E-state index < -0.39 is 38.6 Å². The standard InChI is InChI=1S/C18H17ClF3N5O4S2/c1-27-16(23)26-17(5-6-31-8-12(17)33(27,29)30)14-9(19)7-10(32-14)15(28)25-13-4-2-3-11(24-13)18(20,21)22/h2-4,7,12H,5-6,8H2,1H3,(H2,23,26)(H,24,25,28)/t12?,17-/m0/s1. The van der Waals surface area contributed by atoms with Gasteiger partial charge in [0.1, 0.15) is 16.8 Å². The summed E-state index contributed by atoms with van der Waals surface area (Å²) in [5, 5.41) is 12.3. The molecular weight excluding hydrogens is 507 g/mol. The molecule has 4 heterocycles. The van der Waals surface area contributed by atoms with Crippen LogP contribution >= 0.6 is 22.9 Å². The van der Waals surface area contributed by atoms with Gasteiger partial charge in [-0.25, -0.2) is 17.7 Å². The first-order chi connectivity index (χ1) is 15.4. The van der Waals surface area contributed by atoms with Gasteiger partial charge in [0.05, 0.1) is 26.9 Å². The molecule has 2 atom stereocenters. The molecule has 15 heteroatoms. The zero-order chi connectivity index (χ0) is 24.2. The molecule has 2 aromatic heterocycles. The van der Waals surface area contributed by atoms with Gasteiger partial charge in [0.15, 0.2) is 0 Å². The summed E-state index contributed by atoms with van der Waals surface area (Å²) >= 11 is 7.30. The van der Waals surface area contributed by atoms with Crippen molar-refractivity contribution >= 4 is 50.6 Å². The fourth-order valence-electron chi connectivity index (χ4n) is 3.76. The lowest BCUT2D eigenvalue weighted by molar-refractivity contribution is -0.141. The van der Waals surface area contributed by atoms with Crippen molar-refractivity contribution < 1.29 is 31.1 Å². The van der Waals surface area contributed by atoms with Gasteiger partial charge in [-0.1, -0.05) is 17.7 Å². The number of sulfonamides is 1. The third-order valence-corrected chi connectivity index (χ3v) is 9.38. The van der Waals surface area contributed by atoms with Crippen molar-refractivity contribution in [2.24, 2.45) is 0 Å². The van der Waals surface area contributed by atoms with Crippen LogP contribution < -0.4 is 10.6 Å². The zero-order valence-corrected chi connectivity index (χ0v) is 19.3. The van der Waals surface area contributed by atoms with Crippen molar-refractivity contribution in [3.8, 4) is 0 Å². The SMILES string of the molecule is CN1C(=N)N[C@@]2(c3sc(C(=O)Nc4cccc(C(F)(F)F)n4)cc3Cl)CCOCC2S1(=O)=O. The number of halogens is 4. The lowest BCUT2D eigenvalue weighted by Crippen LogP contribution is -2.69. The average Bonchev–Trinajstić information content (AvgIpc) is 3.14. The number of nitrogens with one attached hydrogen (secondary N) is 3. The minimum Gasteiger partial charge on any atom is -0.380 e. The third-order valence-electron chi connectivity index (χ3n) is 5.45. The highest BCUT2D eigenvalue weighted by Gasteiger charge is 2.57. The number of alkyl halides is 3. The molecule has 2 aliphatic heterocycles. The molecule has 4 rings (SSSR count). The fourth-order valence-corrected chi connectivity index (χ4v) is 7.22. The van der Waals surface area contributed by atoms with E-state index in [4.69, 9.17) is 21.7 Å². The fraction of sp³-hybridized carbons (Fsp3) is 0.389. The van der Waals surface area contributed by atoms with Gasteiger partial charge in [-0.15, -0.1) is 11.3 Å². The summed E-state index contributed by atoms with van der Waals surface area (Å²) in [5.74, 6) is -1.41. The summed E-state index contributed by atoms with van der Waals surface area (Å²) in [6, 6.07) is 4.41. The second-order valence-electron chi connectivity index (χ2n) is 7.42. The Morgan fingerprint density at radius 1 is 1.45 bits per heavy atom. The Bertz CT molecular complexity index is 1240. The number of carbonyl (C=O) groups is 1. The summed E-state index contributed by atoms with van der Waals surface area (Å²) in [4.78, 5) is 16.5. The second kappa shape index (κ2) is 8.11. The molecular formula is C18H17ClF3N5O4S2.